The Labute approximate surface area is 186 Å². The summed E-state index contributed by atoms with van der Waals surface area (Å²) in [6.07, 6.45) is 6.72. The van der Waals surface area contributed by atoms with Gasteiger partial charge in [-0.3, -0.25) is 9.88 Å². The molecule has 0 saturated carbocycles. The monoisotopic (exact) mass is 441 g/mol. The summed E-state index contributed by atoms with van der Waals surface area (Å²) in [6.45, 7) is 5.12. The molecule has 1 saturated heterocycles. The van der Waals surface area contributed by atoms with Crippen LogP contribution in [0.3, 0.4) is 0 Å². The van der Waals surface area contributed by atoms with E-state index < -0.39 is 5.60 Å². The van der Waals surface area contributed by atoms with Crippen LogP contribution in [0.1, 0.15) is 40.4 Å². The Morgan fingerprint density at radius 1 is 1.19 bits per heavy atom. The highest BCUT2D eigenvalue weighted by Gasteiger charge is 2.35. The number of hydrogen-bond acceptors (Lipinski definition) is 6. The number of benzene rings is 1. The number of thiazole rings is 1. The highest BCUT2D eigenvalue weighted by molar-refractivity contribution is 7.11. The van der Waals surface area contributed by atoms with E-state index in [-0.39, 0.29) is 5.82 Å². The minimum atomic E-state index is -0.880. The zero-order chi connectivity index (χ0) is 21.7. The lowest BCUT2D eigenvalue weighted by molar-refractivity contribution is 0.0207. The van der Waals surface area contributed by atoms with Gasteiger partial charge >= 0.3 is 0 Å². The number of likely N-dealkylation sites (tertiary alicyclic amines) is 1. The summed E-state index contributed by atoms with van der Waals surface area (Å²) in [5, 5.41) is 12.2. The van der Waals surface area contributed by atoms with Crippen molar-refractivity contribution < 1.29 is 14.2 Å². The van der Waals surface area contributed by atoms with Gasteiger partial charge in [0.05, 0.1) is 12.3 Å². The Kier molecular flexibility index (Phi) is 6.95. The number of aromatic nitrogens is 2. The lowest BCUT2D eigenvalue weighted by Crippen LogP contribution is -2.29. The van der Waals surface area contributed by atoms with Gasteiger partial charge in [-0.25, -0.2) is 9.37 Å². The van der Waals surface area contributed by atoms with Crippen molar-refractivity contribution in [2.24, 2.45) is 0 Å². The van der Waals surface area contributed by atoms with Crippen LogP contribution in [-0.2, 0) is 18.6 Å². The lowest BCUT2D eigenvalue weighted by Gasteiger charge is -2.24. The molecular weight excluding hydrogens is 413 g/mol. The summed E-state index contributed by atoms with van der Waals surface area (Å²) in [7, 11) is 0. The molecule has 4 rings (SSSR count). The Balaban J connectivity index is 1.35. The fraction of sp³-hybridized carbons (Fsp3) is 0.417. The third kappa shape index (κ3) is 5.67. The summed E-state index contributed by atoms with van der Waals surface area (Å²) in [5.41, 5.74) is 1.27. The maximum atomic E-state index is 13.0. The molecule has 5 nitrogen and oxygen atoms in total. The minimum Gasteiger partial charge on any atom is -0.493 e. The van der Waals surface area contributed by atoms with Gasteiger partial charge in [0.1, 0.15) is 22.2 Å². The zero-order valence-corrected chi connectivity index (χ0v) is 18.6. The van der Waals surface area contributed by atoms with Gasteiger partial charge in [0, 0.05) is 36.8 Å². The van der Waals surface area contributed by atoms with E-state index in [1.54, 1.807) is 29.7 Å². The normalized spacial score (nSPS) is 19.8. The van der Waals surface area contributed by atoms with Crippen LogP contribution in [0, 0.1) is 12.7 Å². The van der Waals surface area contributed by atoms with Crippen molar-refractivity contribution in [1.29, 1.82) is 0 Å². The molecule has 164 valence electrons. The fourth-order valence-electron chi connectivity index (χ4n) is 3.95. The van der Waals surface area contributed by atoms with Gasteiger partial charge in [-0.15, -0.1) is 11.3 Å². The molecule has 1 aliphatic rings. The third-order valence-corrected chi connectivity index (χ3v) is 7.15. The molecule has 0 radical (unpaired) electrons. The molecule has 1 unspecified atom stereocenters. The second kappa shape index (κ2) is 9.85. The first-order valence-electron chi connectivity index (χ1n) is 10.7. The van der Waals surface area contributed by atoms with Gasteiger partial charge in [-0.2, -0.15) is 0 Å². The number of halogens is 1. The summed E-state index contributed by atoms with van der Waals surface area (Å²) >= 11 is 1.59. The van der Waals surface area contributed by atoms with E-state index in [4.69, 9.17) is 9.72 Å². The first-order valence-corrected chi connectivity index (χ1v) is 11.5. The standard InChI is InChI=1S/C24H28FN3O2S/c1-18-22(9-15-30-21-7-5-20(25)6-8-21)31-23(27-18)24(29)10-3-13-28(14-11-24)17-19-4-2-12-26-16-19/h2,4-8,12,16,29H,3,9-11,13-15,17H2,1H3. The Morgan fingerprint density at radius 3 is 2.81 bits per heavy atom. The van der Waals surface area contributed by atoms with E-state index in [1.807, 2.05) is 19.2 Å². The van der Waals surface area contributed by atoms with Crippen LogP contribution in [0.5, 0.6) is 5.75 Å². The molecule has 1 fully saturated rings. The van der Waals surface area contributed by atoms with Crippen molar-refractivity contribution in [2.75, 3.05) is 19.7 Å². The van der Waals surface area contributed by atoms with Crippen molar-refractivity contribution in [3.05, 3.63) is 75.8 Å². The molecule has 0 spiro atoms. The topological polar surface area (TPSA) is 58.5 Å². The molecule has 2 aromatic heterocycles. The number of rotatable bonds is 7. The van der Waals surface area contributed by atoms with Crippen LogP contribution in [0.15, 0.2) is 48.8 Å². The van der Waals surface area contributed by atoms with Gasteiger partial charge in [0.25, 0.3) is 0 Å². The van der Waals surface area contributed by atoms with Crippen LogP contribution in [-0.4, -0.2) is 39.7 Å². The zero-order valence-electron chi connectivity index (χ0n) is 17.8. The second-order valence-electron chi connectivity index (χ2n) is 8.10. The first kappa shape index (κ1) is 21.9. The maximum absolute atomic E-state index is 13.0. The maximum Gasteiger partial charge on any atom is 0.125 e. The molecule has 31 heavy (non-hydrogen) atoms. The molecule has 1 aromatic carbocycles. The predicted molar refractivity (Wildman–Crippen MR) is 120 cm³/mol. The van der Waals surface area contributed by atoms with Crippen molar-refractivity contribution in [1.82, 2.24) is 14.9 Å². The molecule has 0 amide bonds. The Morgan fingerprint density at radius 2 is 2.03 bits per heavy atom. The van der Waals surface area contributed by atoms with E-state index in [1.165, 1.54) is 17.7 Å². The van der Waals surface area contributed by atoms with Crippen LogP contribution in [0.25, 0.3) is 0 Å². The number of pyridine rings is 1. The van der Waals surface area contributed by atoms with E-state index >= 15 is 0 Å². The van der Waals surface area contributed by atoms with Crippen molar-refractivity contribution >= 4 is 11.3 Å². The van der Waals surface area contributed by atoms with E-state index in [0.29, 0.717) is 25.2 Å². The summed E-state index contributed by atoms with van der Waals surface area (Å²) in [6, 6.07) is 10.1. The van der Waals surface area contributed by atoms with Gasteiger partial charge in [0.2, 0.25) is 0 Å². The Bertz CT molecular complexity index is 980. The molecule has 3 heterocycles. The van der Waals surface area contributed by atoms with E-state index in [2.05, 4.69) is 16.0 Å². The van der Waals surface area contributed by atoms with Crippen molar-refractivity contribution in [3.8, 4) is 5.75 Å². The second-order valence-corrected chi connectivity index (χ2v) is 9.19. The number of hydrogen-bond donors (Lipinski definition) is 1. The summed E-state index contributed by atoms with van der Waals surface area (Å²) in [5.74, 6) is 0.380. The fourth-order valence-corrected chi connectivity index (χ4v) is 5.14. The largest absolute Gasteiger partial charge is 0.493 e. The molecule has 1 N–H and O–H groups in total. The number of aryl methyl sites for hydroxylation is 1. The summed E-state index contributed by atoms with van der Waals surface area (Å²) in [4.78, 5) is 12.4. The average Bonchev–Trinajstić information content (AvgIpc) is 3.04. The third-order valence-electron chi connectivity index (χ3n) is 5.74. The van der Waals surface area contributed by atoms with Crippen molar-refractivity contribution in [3.63, 3.8) is 0 Å². The molecule has 1 aliphatic heterocycles. The van der Waals surface area contributed by atoms with Crippen molar-refractivity contribution in [2.45, 2.75) is 44.8 Å². The molecule has 7 heteroatoms. The lowest BCUT2D eigenvalue weighted by atomic mass is 9.96. The molecule has 0 aliphatic carbocycles. The van der Waals surface area contributed by atoms with E-state index in [0.717, 1.165) is 48.1 Å². The van der Waals surface area contributed by atoms with Crippen LogP contribution in [0.2, 0.25) is 0 Å². The number of ether oxygens (including phenoxy) is 1. The van der Waals surface area contributed by atoms with Gasteiger partial charge in [0.15, 0.2) is 0 Å². The molecule has 1 atom stereocenters. The predicted octanol–water partition coefficient (Wildman–Crippen LogP) is 4.48. The highest BCUT2D eigenvalue weighted by atomic mass is 32.1. The molecular formula is C24H28FN3O2S. The average molecular weight is 442 g/mol. The smallest absolute Gasteiger partial charge is 0.125 e. The minimum absolute atomic E-state index is 0.272. The van der Waals surface area contributed by atoms with E-state index in [9.17, 15) is 9.50 Å². The van der Waals surface area contributed by atoms with Gasteiger partial charge < -0.3 is 9.84 Å². The highest BCUT2D eigenvalue weighted by Crippen LogP contribution is 2.37. The van der Waals surface area contributed by atoms with Crippen LogP contribution in [0.4, 0.5) is 4.39 Å². The number of nitrogens with zero attached hydrogens (tertiary/aromatic N) is 3. The quantitative estimate of drug-likeness (QED) is 0.586. The Hall–Kier alpha value is -2.35. The molecule has 3 aromatic rings. The first-order chi connectivity index (χ1) is 15.0. The summed E-state index contributed by atoms with van der Waals surface area (Å²) < 4.78 is 18.7. The molecule has 0 bridgehead atoms. The number of aliphatic hydroxyl groups is 1. The van der Waals surface area contributed by atoms with Crippen LogP contribution < -0.4 is 4.74 Å². The van der Waals surface area contributed by atoms with Crippen LogP contribution >= 0.6 is 11.3 Å². The SMILES string of the molecule is Cc1nc(C2(O)CCCN(Cc3cccnc3)CC2)sc1CCOc1ccc(F)cc1. The van der Waals surface area contributed by atoms with Gasteiger partial charge in [-0.1, -0.05) is 6.07 Å². The van der Waals surface area contributed by atoms with Gasteiger partial charge in [-0.05, 0) is 68.6 Å².